The van der Waals surface area contributed by atoms with Crippen LogP contribution in [-0.2, 0) is 4.79 Å². The quantitative estimate of drug-likeness (QED) is 0.185. The van der Waals surface area contributed by atoms with Crippen LogP contribution in [0.4, 0.5) is 0 Å². The molecule has 0 fully saturated rings. The van der Waals surface area contributed by atoms with Crippen LogP contribution in [0.2, 0.25) is 0 Å². The highest BCUT2D eigenvalue weighted by molar-refractivity contribution is 9.09. The summed E-state index contributed by atoms with van der Waals surface area (Å²) in [5.74, 6) is -0.239. The fourth-order valence-electron chi connectivity index (χ4n) is 2.78. The van der Waals surface area contributed by atoms with Gasteiger partial charge in [0.2, 0.25) is 5.91 Å². The Morgan fingerprint density at radius 1 is 1.00 bits per heavy atom. The van der Waals surface area contributed by atoms with Gasteiger partial charge in [0, 0.05) is 0 Å². The van der Waals surface area contributed by atoms with Crippen LogP contribution in [0.5, 0.6) is 0 Å². The van der Waals surface area contributed by atoms with E-state index in [-0.39, 0.29) is 17.8 Å². The predicted octanol–water partition coefficient (Wildman–Crippen LogP) is 4.48. The molecule has 0 aliphatic rings. The minimum Gasteiger partial charge on any atom is -0.394 e. The van der Waals surface area contributed by atoms with E-state index in [1.54, 1.807) is 6.08 Å². The van der Waals surface area contributed by atoms with E-state index >= 15 is 0 Å². The van der Waals surface area contributed by atoms with E-state index < -0.39 is 12.1 Å². The molecule has 0 saturated carbocycles. The molecule has 0 saturated heterocycles. The number of nitrogens with one attached hydrogen (secondary N) is 1. The molecule has 2 atom stereocenters. The molecule has 1 amide bonds. The standard InChI is InChI=1S/C20H38BrNO3/c1-2-3-4-5-6-7-8-9-10-11-12-13-14-15-19(24)18(17-23)22-20(25)16-21/h14-15,18-19,23-24H,2-13,16-17H2,1H3,(H,22,25)/b15-14+. The number of hydrogen-bond donors (Lipinski definition) is 3. The average Bonchev–Trinajstić information content (AvgIpc) is 2.63. The van der Waals surface area contributed by atoms with E-state index in [0.29, 0.717) is 0 Å². The van der Waals surface area contributed by atoms with Gasteiger partial charge in [-0.1, -0.05) is 99.2 Å². The second-order valence-electron chi connectivity index (χ2n) is 6.73. The first-order valence-electron chi connectivity index (χ1n) is 9.96. The maximum Gasteiger partial charge on any atom is 0.231 e. The Hall–Kier alpha value is -0.390. The molecule has 0 aliphatic heterocycles. The SMILES string of the molecule is CCCCCCCCCCCCC/C=C/C(O)C(CO)NC(=O)CBr. The molecular formula is C20H38BrNO3. The van der Waals surface area contributed by atoms with Crippen LogP contribution in [0, 0.1) is 0 Å². The molecular weight excluding hydrogens is 382 g/mol. The van der Waals surface area contributed by atoms with Crippen molar-refractivity contribution in [1.29, 1.82) is 0 Å². The van der Waals surface area contributed by atoms with Crippen LogP contribution in [0.25, 0.3) is 0 Å². The molecule has 0 aromatic carbocycles. The summed E-state index contributed by atoms with van der Waals surface area (Å²) in [5.41, 5.74) is 0. The number of carbonyl (C=O) groups excluding carboxylic acids is 1. The number of hydrogen-bond acceptors (Lipinski definition) is 3. The predicted molar refractivity (Wildman–Crippen MR) is 109 cm³/mol. The minimum atomic E-state index is -0.847. The number of alkyl halides is 1. The third-order valence-electron chi connectivity index (χ3n) is 4.38. The van der Waals surface area contributed by atoms with Crippen molar-refractivity contribution in [3.63, 3.8) is 0 Å². The van der Waals surface area contributed by atoms with Gasteiger partial charge in [-0.3, -0.25) is 4.79 Å². The largest absolute Gasteiger partial charge is 0.394 e. The van der Waals surface area contributed by atoms with Gasteiger partial charge >= 0.3 is 0 Å². The first-order valence-corrected chi connectivity index (χ1v) is 11.1. The van der Waals surface area contributed by atoms with Crippen molar-refractivity contribution in [3.05, 3.63) is 12.2 Å². The van der Waals surface area contributed by atoms with Crippen molar-refractivity contribution < 1.29 is 15.0 Å². The van der Waals surface area contributed by atoms with Crippen molar-refractivity contribution in [2.24, 2.45) is 0 Å². The average molecular weight is 420 g/mol. The third kappa shape index (κ3) is 15.6. The van der Waals surface area contributed by atoms with E-state index in [1.165, 1.54) is 64.2 Å². The molecule has 0 bridgehead atoms. The first kappa shape index (κ1) is 24.6. The molecule has 25 heavy (non-hydrogen) atoms. The van der Waals surface area contributed by atoms with E-state index in [2.05, 4.69) is 28.2 Å². The highest BCUT2D eigenvalue weighted by atomic mass is 79.9. The molecule has 4 nitrogen and oxygen atoms in total. The number of carbonyl (C=O) groups is 1. The number of unbranched alkanes of at least 4 members (excludes halogenated alkanes) is 11. The fraction of sp³-hybridized carbons (Fsp3) is 0.850. The van der Waals surface area contributed by atoms with Crippen LogP contribution in [0.1, 0.15) is 84.0 Å². The van der Waals surface area contributed by atoms with E-state index in [1.807, 2.05) is 6.08 Å². The molecule has 0 radical (unpaired) electrons. The first-order chi connectivity index (χ1) is 12.2. The minimum absolute atomic E-state index is 0.165. The van der Waals surface area contributed by atoms with E-state index in [0.717, 1.165) is 12.8 Å². The summed E-state index contributed by atoms with van der Waals surface area (Å²) in [6.07, 6.45) is 18.3. The van der Waals surface area contributed by atoms with Crippen LogP contribution >= 0.6 is 15.9 Å². The highest BCUT2D eigenvalue weighted by Gasteiger charge is 2.17. The van der Waals surface area contributed by atoms with Gasteiger partial charge in [-0.2, -0.15) is 0 Å². The van der Waals surface area contributed by atoms with Gasteiger partial charge in [0.05, 0.1) is 24.1 Å². The maximum atomic E-state index is 11.3. The summed E-state index contributed by atoms with van der Waals surface area (Å²) in [4.78, 5) is 11.3. The van der Waals surface area contributed by atoms with Gasteiger partial charge in [0.1, 0.15) is 0 Å². The van der Waals surface area contributed by atoms with Gasteiger partial charge in [0.15, 0.2) is 0 Å². The lowest BCUT2D eigenvalue weighted by molar-refractivity contribution is -0.120. The Morgan fingerprint density at radius 2 is 1.52 bits per heavy atom. The second kappa shape index (κ2) is 18.4. The third-order valence-corrected chi connectivity index (χ3v) is 4.89. The van der Waals surface area contributed by atoms with Gasteiger partial charge in [0.25, 0.3) is 0 Å². The number of aliphatic hydroxyl groups excluding tert-OH is 2. The fourth-order valence-corrected chi connectivity index (χ4v) is 2.94. The smallest absolute Gasteiger partial charge is 0.231 e. The lowest BCUT2D eigenvalue weighted by Crippen LogP contribution is -2.45. The van der Waals surface area contributed by atoms with E-state index in [4.69, 9.17) is 0 Å². The Labute approximate surface area is 162 Å². The molecule has 0 aromatic heterocycles. The summed E-state index contributed by atoms with van der Waals surface area (Å²) in [6.45, 7) is 1.98. The number of aliphatic hydroxyl groups is 2. The summed E-state index contributed by atoms with van der Waals surface area (Å²) in [5, 5.41) is 21.9. The van der Waals surface area contributed by atoms with Crippen LogP contribution < -0.4 is 5.32 Å². The summed E-state index contributed by atoms with van der Waals surface area (Å²) in [7, 11) is 0. The zero-order chi connectivity index (χ0) is 18.8. The van der Waals surface area contributed by atoms with Gasteiger partial charge < -0.3 is 15.5 Å². The molecule has 0 heterocycles. The maximum absolute atomic E-state index is 11.3. The molecule has 5 heteroatoms. The number of halogens is 1. The van der Waals surface area contributed by atoms with Crippen molar-refractivity contribution in [1.82, 2.24) is 5.32 Å². The van der Waals surface area contributed by atoms with Crippen molar-refractivity contribution in [2.75, 3.05) is 11.9 Å². The zero-order valence-electron chi connectivity index (χ0n) is 15.9. The zero-order valence-corrected chi connectivity index (χ0v) is 17.5. The number of allylic oxidation sites excluding steroid dienone is 1. The summed E-state index contributed by atoms with van der Waals surface area (Å²) >= 11 is 3.05. The summed E-state index contributed by atoms with van der Waals surface area (Å²) in [6, 6.07) is -0.640. The molecule has 0 aliphatic carbocycles. The molecule has 2 unspecified atom stereocenters. The Kier molecular flexibility index (Phi) is 18.1. The lowest BCUT2D eigenvalue weighted by atomic mass is 10.0. The second-order valence-corrected chi connectivity index (χ2v) is 7.29. The normalized spacial score (nSPS) is 13.9. The van der Waals surface area contributed by atoms with Crippen LogP contribution in [0.15, 0.2) is 12.2 Å². The van der Waals surface area contributed by atoms with Crippen molar-refractivity contribution in [2.45, 2.75) is 96.1 Å². The van der Waals surface area contributed by atoms with Crippen LogP contribution in [0.3, 0.4) is 0 Å². The monoisotopic (exact) mass is 419 g/mol. The molecule has 0 rings (SSSR count). The lowest BCUT2D eigenvalue weighted by Gasteiger charge is -2.19. The van der Waals surface area contributed by atoms with Crippen molar-refractivity contribution in [3.8, 4) is 0 Å². The highest BCUT2D eigenvalue weighted by Crippen LogP contribution is 2.12. The molecule has 0 aromatic rings. The molecule has 0 spiro atoms. The van der Waals surface area contributed by atoms with E-state index in [9.17, 15) is 15.0 Å². The van der Waals surface area contributed by atoms with Crippen molar-refractivity contribution >= 4 is 21.8 Å². The van der Waals surface area contributed by atoms with Gasteiger partial charge in [-0.15, -0.1) is 0 Å². The topological polar surface area (TPSA) is 69.6 Å². The van der Waals surface area contributed by atoms with Gasteiger partial charge in [-0.25, -0.2) is 0 Å². The molecule has 148 valence electrons. The number of rotatable bonds is 17. The summed E-state index contributed by atoms with van der Waals surface area (Å²) < 4.78 is 0. The van der Waals surface area contributed by atoms with Gasteiger partial charge in [-0.05, 0) is 12.8 Å². The Morgan fingerprint density at radius 3 is 2.00 bits per heavy atom. The Bertz CT molecular complexity index is 337. The Balaban J connectivity index is 3.54. The van der Waals surface area contributed by atoms with Crippen LogP contribution in [-0.4, -0.2) is 40.2 Å². The number of amides is 1. The molecule has 3 N–H and O–H groups in total.